The largest absolute Gasteiger partial charge is 0.399 e. The van der Waals surface area contributed by atoms with E-state index >= 15 is 0 Å². The SMILES string of the molecule is CCOP(=O)(OCC)C(F)(F)Cc1ccc(C)cc1. The van der Waals surface area contributed by atoms with Gasteiger partial charge in [0.15, 0.2) is 0 Å². The van der Waals surface area contributed by atoms with Crippen LogP contribution in [-0.4, -0.2) is 18.9 Å². The minimum absolute atomic E-state index is 0.0826. The van der Waals surface area contributed by atoms with Crippen LogP contribution in [0.15, 0.2) is 24.3 Å². The van der Waals surface area contributed by atoms with Crippen LogP contribution in [0.1, 0.15) is 25.0 Å². The lowest BCUT2D eigenvalue weighted by Gasteiger charge is -2.25. The van der Waals surface area contributed by atoms with Crippen LogP contribution in [-0.2, 0) is 20.0 Å². The fraction of sp³-hybridized carbons (Fsp3) is 0.538. The first-order chi connectivity index (χ1) is 8.84. The lowest BCUT2D eigenvalue weighted by Crippen LogP contribution is -2.23. The van der Waals surface area contributed by atoms with Crippen molar-refractivity contribution < 1.29 is 22.4 Å². The van der Waals surface area contributed by atoms with E-state index in [-0.39, 0.29) is 13.2 Å². The summed E-state index contributed by atoms with van der Waals surface area (Å²) in [4.78, 5) is 0. The molecule has 0 aromatic heterocycles. The second kappa shape index (κ2) is 6.60. The van der Waals surface area contributed by atoms with E-state index < -0.39 is 19.7 Å². The first-order valence-corrected chi connectivity index (χ1v) is 7.71. The molecule has 0 fully saturated rings. The molecule has 0 saturated carbocycles. The van der Waals surface area contributed by atoms with Gasteiger partial charge in [-0.15, -0.1) is 0 Å². The van der Waals surface area contributed by atoms with Crippen molar-refractivity contribution in [1.82, 2.24) is 0 Å². The summed E-state index contributed by atoms with van der Waals surface area (Å²) in [5.41, 5.74) is -2.16. The molecule has 0 saturated heterocycles. The third-order valence-electron chi connectivity index (χ3n) is 2.54. The average Bonchev–Trinajstić information content (AvgIpc) is 2.32. The number of hydrogen-bond donors (Lipinski definition) is 0. The maximum absolute atomic E-state index is 14.1. The Hall–Kier alpha value is -0.770. The highest BCUT2D eigenvalue weighted by Crippen LogP contribution is 2.62. The van der Waals surface area contributed by atoms with Crippen molar-refractivity contribution in [2.75, 3.05) is 13.2 Å². The Morgan fingerprint density at radius 3 is 2.00 bits per heavy atom. The summed E-state index contributed by atoms with van der Waals surface area (Å²) >= 11 is 0. The van der Waals surface area contributed by atoms with E-state index in [1.807, 2.05) is 6.92 Å². The van der Waals surface area contributed by atoms with E-state index in [2.05, 4.69) is 0 Å². The first-order valence-electron chi connectivity index (χ1n) is 6.17. The van der Waals surface area contributed by atoms with Crippen LogP contribution in [0.5, 0.6) is 0 Å². The zero-order valence-corrected chi connectivity index (χ0v) is 12.3. The van der Waals surface area contributed by atoms with Gasteiger partial charge < -0.3 is 9.05 Å². The fourth-order valence-corrected chi connectivity index (χ4v) is 3.12. The fourth-order valence-electron chi connectivity index (χ4n) is 1.61. The van der Waals surface area contributed by atoms with Gasteiger partial charge in [-0.3, -0.25) is 4.57 Å². The van der Waals surface area contributed by atoms with Crippen LogP contribution in [0, 0.1) is 6.92 Å². The third kappa shape index (κ3) is 4.10. The molecular weight excluding hydrogens is 273 g/mol. The highest BCUT2D eigenvalue weighted by Gasteiger charge is 2.53. The summed E-state index contributed by atoms with van der Waals surface area (Å²) in [5.74, 6) is 0. The monoisotopic (exact) mass is 292 g/mol. The highest BCUT2D eigenvalue weighted by atomic mass is 31.2. The number of aryl methyl sites for hydroxylation is 1. The van der Waals surface area contributed by atoms with Crippen molar-refractivity contribution >= 4 is 7.60 Å². The Bertz CT molecular complexity index is 436. The number of alkyl halides is 2. The molecule has 0 atom stereocenters. The van der Waals surface area contributed by atoms with E-state index in [0.29, 0.717) is 5.56 Å². The maximum Gasteiger partial charge on any atom is 0.399 e. The summed E-state index contributed by atoms with van der Waals surface area (Å²) in [6.07, 6.45) is -0.662. The van der Waals surface area contributed by atoms with Crippen molar-refractivity contribution in [2.24, 2.45) is 0 Å². The minimum atomic E-state index is -4.43. The van der Waals surface area contributed by atoms with Gasteiger partial charge in [0.1, 0.15) is 0 Å². The topological polar surface area (TPSA) is 35.5 Å². The molecule has 6 heteroatoms. The quantitative estimate of drug-likeness (QED) is 0.699. The average molecular weight is 292 g/mol. The summed E-state index contributed by atoms with van der Waals surface area (Å²) in [6, 6.07) is 6.65. The van der Waals surface area contributed by atoms with Crippen LogP contribution >= 0.6 is 7.60 Å². The molecule has 0 aliphatic heterocycles. The number of benzene rings is 1. The second-order valence-corrected chi connectivity index (χ2v) is 6.33. The van der Waals surface area contributed by atoms with E-state index in [4.69, 9.17) is 9.05 Å². The molecule has 0 bridgehead atoms. The van der Waals surface area contributed by atoms with Gasteiger partial charge in [-0.2, -0.15) is 8.78 Å². The molecule has 1 aromatic rings. The molecule has 0 N–H and O–H groups in total. The van der Waals surface area contributed by atoms with Crippen molar-refractivity contribution in [2.45, 2.75) is 32.9 Å². The van der Waals surface area contributed by atoms with Gasteiger partial charge in [-0.05, 0) is 26.3 Å². The summed E-state index contributed by atoms with van der Waals surface area (Å²) in [7, 11) is -4.43. The smallest absolute Gasteiger partial charge is 0.305 e. The van der Waals surface area contributed by atoms with Crippen LogP contribution in [0.2, 0.25) is 0 Å². The standard InChI is InChI=1S/C13H19F2O3P/c1-4-17-19(16,18-5-2)13(14,15)10-12-8-6-11(3)7-9-12/h6-9H,4-5,10H2,1-3H3. The second-order valence-electron chi connectivity index (χ2n) is 4.16. The van der Waals surface area contributed by atoms with Gasteiger partial charge in [0.25, 0.3) is 0 Å². The molecule has 19 heavy (non-hydrogen) atoms. The molecule has 0 radical (unpaired) electrons. The molecule has 3 nitrogen and oxygen atoms in total. The number of hydrogen-bond acceptors (Lipinski definition) is 3. The molecule has 1 rings (SSSR count). The zero-order valence-electron chi connectivity index (χ0n) is 11.4. The molecule has 0 amide bonds. The Kier molecular flexibility index (Phi) is 5.65. The molecule has 0 unspecified atom stereocenters. The predicted molar refractivity (Wildman–Crippen MR) is 70.7 cm³/mol. The molecule has 0 heterocycles. The van der Waals surface area contributed by atoms with Gasteiger partial charge in [-0.1, -0.05) is 29.8 Å². The molecular formula is C13H19F2O3P. The van der Waals surface area contributed by atoms with E-state index in [1.165, 1.54) is 13.8 Å². The van der Waals surface area contributed by atoms with E-state index in [9.17, 15) is 13.3 Å². The first kappa shape index (κ1) is 16.3. The van der Waals surface area contributed by atoms with Crippen molar-refractivity contribution in [3.05, 3.63) is 35.4 Å². The molecule has 108 valence electrons. The lowest BCUT2D eigenvalue weighted by atomic mass is 10.1. The van der Waals surface area contributed by atoms with E-state index in [0.717, 1.165) is 5.56 Å². The van der Waals surface area contributed by atoms with Gasteiger partial charge in [0, 0.05) is 6.42 Å². The van der Waals surface area contributed by atoms with Crippen LogP contribution < -0.4 is 0 Å². The third-order valence-corrected chi connectivity index (χ3v) is 4.69. The zero-order chi connectivity index (χ0) is 14.5. The Labute approximate surface area is 112 Å². The lowest BCUT2D eigenvalue weighted by molar-refractivity contribution is 0.0393. The number of halogens is 2. The Morgan fingerprint density at radius 2 is 1.58 bits per heavy atom. The van der Waals surface area contributed by atoms with Gasteiger partial charge in [0.2, 0.25) is 0 Å². The van der Waals surface area contributed by atoms with Crippen molar-refractivity contribution in [3.8, 4) is 0 Å². The van der Waals surface area contributed by atoms with E-state index in [1.54, 1.807) is 24.3 Å². The number of rotatable bonds is 7. The maximum atomic E-state index is 14.1. The Balaban J connectivity index is 2.93. The predicted octanol–water partition coefficient (Wildman–Crippen LogP) is 4.40. The summed E-state index contributed by atoms with van der Waals surface area (Å²) in [6.45, 7) is 4.72. The van der Waals surface area contributed by atoms with Crippen LogP contribution in [0.4, 0.5) is 8.78 Å². The highest BCUT2D eigenvalue weighted by molar-refractivity contribution is 7.55. The summed E-state index contributed by atoms with van der Waals surface area (Å²) in [5, 5.41) is 0. The Morgan fingerprint density at radius 1 is 1.11 bits per heavy atom. The van der Waals surface area contributed by atoms with Gasteiger partial charge >= 0.3 is 13.3 Å². The van der Waals surface area contributed by atoms with Crippen LogP contribution in [0.3, 0.4) is 0 Å². The van der Waals surface area contributed by atoms with Crippen LogP contribution in [0.25, 0.3) is 0 Å². The van der Waals surface area contributed by atoms with Gasteiger partial charge in [-0.25, -0.2) is 0 Å². The molecule has 0 aliphatic carbocycles. The minimum Gasteiger partial charge on any atom is -0.305 e. The van der Waals surface area contributed by atoms with Crippen molar-refractivity contribution in [1.29, 1.82) is 0 Å². The normalized spacial score (nSPS) is 12.7. The molecule has 1 aromatic carbocycles. The van der Waals surface area contributed by atoms with Crippen molar-refractivity contribution in [3.63, 3.8) is 0 Å². The van der Waals surface area contributed by atoms with Gasteiger partial charge in [0.05, 0.1) is 13.2 Å². The summed E-state index contributed by atoms with van der Waals surface area (Å²) < 4.78 is 49.8. The molecule has 0 aliphatic rings. The molecule has 0 spiro atoms.